The van der Waals surface area contributed by atoms with E-state index in [9.17, 15) is 9.59 Å². The summed E-state index contributed by atoms with van der Waals surface area (Å²) in [5, 5.41) is 1.75. The molecule has 2 atom stereocenters. The Morgan fingerprint density at radius 2 is 2.05 bits per heavy atom. The third-order valence-corrected chi connectivity index (χ3v) is 4.12. The third-order valence-electron chi connectivity index (χ3n) is 4.12. The van der Waals surface area contributed by atoms with Crippen molar-refractivity contribution in [3.05, 3.63) is 59.4 Å². The van der Waals surface area contributed by atoms with Crippen LogP contribution in [0.15, 0.2) is 42.6 Å². The van der Waals surface area contributed by atoms with Gasteiger partial charge < -0.3 is 4.74 Å². The van der Waals surface area contributed by atoms with Gasteiger partial charge in [-0.15, -0.1) is 0 Å². The Kier molecular flexibility index (Phi) is 2.45. The summed E-state index contributed by atoms with van der Waals surface area (Å²) in [7, 11) is 0. The lowest BCUT2D eigenvalue weighted by atomic mass is 9.97. The Hall–Kier alpha value is -2.56. The van der Waals surface area contributed by atoms with Gasteiger partial charge in [0.15, 0.2) is 0 Å². The molecule has 0 fully saturated rings. The molecule has 0 unspecified atom stereocenters. The van der Waals surface area contributed by atoms with Gasteiger partial charge in [-0.3, -0.25) is 14.3 Å². The van der Waals surface area contributed by atoms with Crippen LogP contribution in [0.25, 0.3) is 0 Å². The standard InChI is InChI=1S/C16H14N2O3/c1-10(19)21-15-9-14-11-5-2-3-6-12(11)16(20)18(14)17-8-4-7-13(15)17/h2-8,14-15H,9H2,1H3/t14-,15-/m1/s1. The molecular weight excluding hydrogens is 268 g/mol. The van der Waals surface area contributed by atoms with E-state index in [0.29, 0.717) is 6.42 Å². The second kappa shape index (κ2) is 4.22. The molecule has 5 heteroatoms. The fraction of sp³-hybridized carbons (Fsp3) is 0.250. The Bertz CT molecular complexity index is 749. The zero-order valence-corrected chi connectivity index (χ0v) is 11.5. The van der Waals surface area contributed by atoms with Gasteiger partial charge in [0, 0.05) is 25.1 Å². The van der Waals surface area contributed by atoms with Gasteiger partial charge in [0.2, 0.25) is 0 Å². The van der Waals surface area contributed by atoms with E-state index in [1.807, 2.05) is 47.3 Å². The molecule has 0 saturated carbocycles. The minimum Gasteiger partial charge on any atom is -0.456 e. The van der Waals surface area contributed by atoms with Crippen molar-refractivity contribution < 1.29 is 14.3 Å². The fourth-order valence-corrected chi connectivity index (χ4v) is 3.32. The molecule has 2 aromatic rings. The van der Waals surface area contributed by atoms with Crippen LogP contribution in [0.1, 0.15) is 47.1 Å². The van der Waals surface area contributed by atoms with Crippen LogP contribution in [0.3, 0.4) is 0 Å². The van der Waals surface area contributed by atoms with E-state index in [0.717, 1.165) is 16.8 Å². The fourth-order valence-electron chi connectivity index (χ4n) is 3.32. The van der Waals surface area contributed by atoms with Crippen LogP contribution in [0.2, 0.25) is 0 Å². The molecule has 0 aliphatic carbocycles. The summed E-state index contributed by atoms with van der Waals surface area (Å²) in [5.74, 6) is -0.312. The number of rotatable bonds is 1. The van der Waals surface area contributed by atoms with Crippen molar-refractivity contribution in [2.24, 2.45) is 0 Å². The second-order valence-electron chi connectivity index (χ2n) is 5.36. The number of esters is 1. The minimum absolute atomic E-state index is 0.00525. The highest BCUT2D eigenvalue weighted by molar-refractivity contribution is 6.06. The van der Waals surface area contributed by atoms with Gasteiger partial charge in [-0.25, -0.2) is 5.01 Å². The molecule has 1 amide bonds. The molecule has 4 rings (SSSR count). The normalized spacial score (nSPS) is 22.5. The number of ether oxygens (including phenoxy) is 1. The summed E-state index contributed by atoms with van der Waals surface area (Å²) in [6.07, 6.45) is 2.10. The zero-order chi connectivity index (χ0) is 14.6. The van der Waals surface area contributed by atoms with E-state index in [1.54, 1.807) is 5.01 Å². The first-order chi connectivity index (χ1) is 10.2. The molecule has 3 heterocycles. The molecule has 1 aromatic heterocycles. The predicted molar refractivity (Wildman–Crippen MR) is 75.3 cm³/mol. The van der Waals surface area contributed by atoms with E-state index in [-0.39, 0.29) is 24.0 Å². The molecule has 0 saturated heterocycles. The van der Waals surface area contributed by atoms with Crippen molar-refractivity contribution in [2.75, 3.05) is 5.01 Å². The predicted octanol–water partition coefficient (Wildman–Crippen LogP) is 2.33. The average Bonchev–Trinajstić information content (AvgIpc) is 3.04. The number of carbonyl (C=O) groups excluding carboxylic acids is 2. The summed E-state index contributed by atoms with van der Waals surface area (Å²) in [6.45, 7) is 1.41. The molecule has 1 aromatic carbocycles. The molecule has 0 bridgehead atoms. The number of fused-ring (bicyclic) bond motifs is 5. The van der Waals surface area contributed by atoms with Crippen LogP contribution < -0.4 is 5.01 Å². The van der Waals surface area contributed by atoms with Crippen molar-refractivity contribution in [1.82, 2.24) is 4.68 Å². The van der Waals surface area contributed by atoms with E-state index in [1.165, 1.54) is 6.92 Å². The lowest BCUT2D eigenvalue weighted by molar-refractivity contribution is -0.148. The highest BCUT2D eigenvalue weighted by Gasteiger charge is 2.44. The van der Waals surface area contributed by atoms with Crippen LogP contribution in [-0.2, 0) is 9.53 Å². The number of hydrogen-bond donors (Lipinski definition) is 0. The van der Waals surface area contributed by atoms with Crippen molar-refractivity contribution in [3.8, 4) is 0 Å². The summed E-state index contributed by atoms with van der Waals surface area (Å²) in [4.78, 5) is 24.0. The topological polar surface area (TPSA) is 51.5 Å². The quantitative estimate of drug-likeness (QED) is 0.754. The number of nitrogens with zero attached hydrogens (tertiary/aromatic N) is 2. The van der Waals surface area contributed by atoms with Gasteiger partial charge in [-0.2, -0.15) is 0 Å². The maximum Gasteiger partial charge on any atom is 0.303 e. The maximum atomic E-state index is 12.6. The number of carbonyl (C=O) groups is 2. The smallest absolute Gasteiger partial charge is 0.303 e. The van der Waals surface area contributed by atoms with Crippen molar-refractivity contribution >= 4 is 11.9 Å². The molecule has 0 N–H and O–H groups in total. The average molecular weight is 282 g/mol. The van der Waals surface area contributed by atoms with Gasteiger partial charge in [0.05, 0.1) is 11.7 Å². The first kappa shape index (κ1) is 12.2. The molecule has 0 radical (unpaired) electrons. The van der Waals surface area contributed by atoms with E-state index >= 15 is 0 Å². The molecule has 21 heavy (non-hydrogen) atoms. The number of benzene rings is 1. The zero-order valence-electron chi connectivity index (χ0n) is 11.5. The van der Waals surface area contributed by atoms with Gasteiger partial charge in [-0.05, 0) is 23.8 Å². The van der Waals surface area contributed by atoms with Crippen LogP contribution in [0.5, 0.6) is 0 Å². The van der Waals surface area contributed by atoms with Crippen LogP contribution in [-0.4, -0.2) is 16.6 Å². The van der Waals surface area contributed by atoms with E-state index < -0.39 is 0 Å². The third kappa shape index (κ3) is 1.63. The Morgan fingerprint density at radius 1 is 1.24 bits per heavy atom. The van der Waals surface area contributed by atoms with Gasteiger partial charge >= 0.3 is 5.97 Å². The first-order valence-electron chi connectivity index (χ1n) is 6.94. The van der Waals surface area contributed by atoms with Crippen molar-refractivity contribution in [1.29, 1.82) is 0 Å². The Balaban J connectivity index is 1.84. The molecule has 0 spiro atoms. The maximum absolute atomic E-state index is 12.6. The van der Waals surface area contributed by atoms with Crippen molar-refractivity contribution in [2.45, 2.75) is 25.5 Å². The largest absolute Gasteiger partial charge is 0.456 e. The van der Waals surface area contributed by atoms with Crippen LogP contribution in [0, 0.1) is 0 Å². The van der Waals surface area contributed by atoms with Gasteiger partial charge in [-0.1, -0.05) is 18.2 Å². The lowest BCUT2D eigenvalue weighted by Crippen LogP contribution is -2.43. The van der Waals surface area contributed by atoms with E-state index in [4.69, 9.17) is 4.74 Å². The number of aromatic nitrogens is 1. The molecule has 106 valence electrons. The number of hydrogen-bond acceptors (Lipinski definition) is 3. The highest BCUT2D eigenvalue weighted by Crippen LogP contribution is 2.43. The van der Waals surface area contributed by atoms with Gasteiger partial charge in [0.25, 0.3) is 5.91 Å². The summed E-state index contributed by atoms with van der Waals surface area (Å²) in [6, 6.07) is 11.3. The summed E-state index contributed by atoms with van der Waals surface area (Å²) < 4.78 is 7.25. The monoisotopic (exact) mass is 282 g/mol. The SMILES string of the molecule is CC(=O)O[C@@H]1C[C@@H]2c3ccccc3C(=O)N2n2cccc21. The number of amides is 1. The van der Waals surface area contributed by atoms with Crippen LogP contribution >= 0.6 is 0 Å². The molecule has 5 nitrogen and oxygen atoms in total. The summed E-state index contributed by atoms with van der Waals surface area (Å²) in [5.41, 5.74) is 2.56. The molecule has 2 aliphatic heterocycles. The summed E-state index contributed by atoms with van der Waals surface area (Å²) >= 11 is 0. The first-order valence-corrected chi connectivity index (χ1v) is 6.94. The minimum atomic E-state index is -0.322. The van der Waals surface area contributed by atoms with E-state index in [2.05, 4.69) is 0 Å². The van der Waals surface area contributed by atoms with Crippen molar-refractivity contribution in [3.63, 3.8) is 0 Å². The highest BCUT2D eigenvalue weighted by atomic mass is 16.5. The Labute approximate surface area is 121 Å². The second-order valence-corrected chi connectivity index (χ2v) is 5.36. The molecular formula is C16H14N2O3. The Morgan fingerprint density at radius 3 is 2.86 bits per heavy atom. The van der Waals surface area contributed by atoms with Gasteiger partial charge in [0.1, 0.15) is 6.10 Å². The molecule has 2 aliphatic rings. The lowest BCUT2D eigenvalue weighted by Gasteiger charge is -2.36. The van der Waals surface area contributed by atoms with Crippen LogP contribution in [0.4, 0.5) is 0 Å².